The number of nitrogens with zero attached hydrogens (tertiary/aromatic N) is 3. The highest BCUT2D eigenvalue weighted by Gasteiger charge is 2.16. The minimum absolute atomic E-state index is 0.250. The van der Waals surface area contributed by atoms with E-state index in [9.17, 15) is 4.79 Å². The number of aromatic nitrogens is 3. The summed E-state index contributed by atoms with van der Waals surface area (Å²) in [7, 11) is 0. The zero-order valence-corrected chi connectivity index (χ0v) is 17.2. The van der Waals surface area contributed by atoms with Crippen molar-refractivity contribution < 1.29 is 4.42 Å². The molecule has 3 aromatic heterocycles. The maximum absolute atomic E-state index is 13.4. The van der Waals surface area contributed by atoms with Crippen LogP contribution in [-0.4, -0.2) is 20.9 Å². The van der Waals surface area contributed by atoms with Crippen LogP contribution in [0.2, 0.25) is 0 Å². The van der Waals surface area contributed by atoms with Gasteiger partial charge in [0.2, 0.25) is 5.82 Å². The maximum atomic E-state index is 13.4. The van der Waals surface area contributed by atoms with E-state index in [-0.39, 0.29) is 5.56 Å². The minimum atomic E-state index is -0.250. The normalized spacial score (nSPS) is 11.9. The fourth-order valence-electron chi connectivity index (χ4n) is 4.06. The number of H-pyrrole nitrogens is 1. The first-order valence-corrected chi connectivity index (χ1v) is 10.3. The predicted molar refractivity (Wildman–Crippen MR) is 127 cm³/mol. The van der Waals surface area contributed by atoms with E-state index in [0.29, 0.717) is 22.5 Å². The van der Waals surface area contributed by atoms with Crippen LogP contribution in [0.3, 0.4) is 0 Å². The summed E-state index contributed by atoms with van der Waals surface area (Å²) < 4.78 is 7.35. The molecule has 1 N–H and O–H groups in total. The molecule has 0 saturated heterocycles. The summed E-state index contributed by atoms with van der Waals surface area (Å²) in [6, 6.07) is 24.9. The molecule has 0 atom stereocenters. The molecule has 0 amide bonds. The van der Waals surface area contributed by atoms with Crippen molar-refractivity contribution in [1.29, 1.82) is 0 Å². The lowest BCUT2D eigenvalue weighted by atomic mass is 10.1. The highest BCUT2D eigenvalue weighted by molar-refractivity contribution is 6.00. The van der Waals surface area contributed by atoms with E-state index in [1.807, 2.05) is 79.7 Å². The van der Waals surface area contributed by atoms with Gasteiger partial charge in [-0.25, -0.2) is 4.98 Å². The largest absolute Gasteiger partial charge is 0.453 e. The topological polar surface area (TPSA) is 76.2 Å². The van der Waals surface area contributed by atoms with E-state index in [1.165, 1.54) is 4.68 Å². The Balaban J connectivity index is 1.60. The molecule has 0 aliphatic rings. The number of nitrogens with one attached hydrogen (secondary N) is 1. The minimum Gasteiger partial charge on any atom is -0.453 e. The van der Waals surface area contributed by atoms with Crippen molar-refractivity contribution in [3.63, 3.8) is 0 Å². The van der Waals surface area contributed by atoms with Gasteiger partial charge in [0, 0.05) is 27.5 Å². The lowest BCUT2D eigenvalue weighted by Crippen LogP contribution is -2.20. The molecule has 3 aromatic carbocycles. The average molecular weight is 418 g/mol. The number of rotatable bonds is 3. The van der Waals surface area contributed by atoms with Crippen LogP contribution in [0.1, 0.15) is 11.3 Å². The molecule has 6 heteroatoms. The van der Waals surface area contributed by atoms with Gasteiger partial charge in [0.25, 0.3) is 5.56 Å². The Morgan fingerprint density at radius 1 is 0.969 bits per heavy atom. The third-order valence-corrected chi connectivity index (χ3v) is 5.65. The molecule has 0 fully saturated rings. The quantitative estimate of drug-likeness (QED) is 0.387. The van der Waals surface area contributed by atoms with E-state index in [1.54, 1.807) is 12.3 Å². The molecule has 0 bridgehead atoms. The molecule has 3 heterocycles. The van der Waals surface area contributed by atoms with Crippen LogP contribution in [0.4, 0.5) is 0 Å². The van der Waals surface area contributed by atoms with E-state index >= 15 is 0 Å². The summed E-state index contributed by atoms with van der Waals surface area (Å²) >= 11 is 0. The Morgan fingerprint density at radius 2 is 1.72 bits per heavy atom. The molecule has 0 radical (unpaired) electrons. The first-order valence-electron chi connectivity index (χ1n) is 10.3. The summed E-state index contributed by atoms with van der Waals surface area (Å²) in [5.74, 6) is 0.848. The number of para-hydroxylation sites is 3. The first kappa shape index (κ1) is 18.3. The molecule has 32 heavy (non-hydrogen) atoms. The highest BCUT2D eigenvalue weighted by Crippen LogP contribution is 2.27. The van der Waals surface area contributed by atoms with Crippen molar-refractivity contribution in [2.24, 2.45) is 5.10 Å². The molecule has 0 aliphatic heterocycles. The number of aromatic amines is 1. The van der Waals surface area contributed by atoms with Crippen LogP contribution in [0.15, 0.2) is 93.2 Å². The molecule has 6 rings (SSSR count). The third-order valence-electron chi connectivity index (χ3n) is 5.65. The van der Waals surface area contributed by atoms with E-state index in [0.717, 1.165) is 33.1 Å². The summed E-state index contributed by atoms with van der Waals surface area (Å²) in [6.45, 7) is 1.99. The summed E-state index contributed by atoms with van der Waals surface area (Å²) in [4.78, 5) is 21.5. The van der Waals surface area contributed by atoms with Crippen LogP contribution < -0.4 is 5.56 Å². The zero-order chi connectivity index (χ0) is 21.7. The van der Waals surface area contributed by atoms with Gasteiger partial charge in [-0.3, -0.25) is 4.79 Å². The lowest BCUT2D eigenvalue weighted by molar-refractivity contribution is 0.616. The fraction of sp³-hybridized carbons (Fsp3) is 0.0385. The Kier molecular flexibility index (Phi) is 4.04. The number of aryl methyl sites for hydroxylation is 1. The molecule has 0 unspecified atom stereocenters. The lowest BCUT2D eigenvalue weighted by Gasteiger charge is -2.07. The monoisotopic (exact) mass is 418 g/mol. The van der Waals surface area contributed by atoms with Crippen LogP contribution in [0.25, 0.3) is 44.4 Å². The van der Waals surface area contributed by atoms with Gasteiger partial charge in [-0.05, 0) is 37.3 Å². The van der Waals surface area contributed by atoms with Gasteiger partial charge in [-0.1, -0.05) is 48.5 Å². The van der Waals surface area contributed by atoms with Gasteiger partial charge < -0.3 is 9.40 Å². The standard InChI is InChI=1S/C26H18N4O2/c1-16-20(18-9-3-5-11-21(18)28-16)15-27-30-25(24-14-17-8-2-7-13-23(17)32-24)29-22-12-6-4-10-19(22)26(30)31/h2-15,28H,1H3. The maximum Gasteiger partial charge on any atom is 0.282 e. The van der Waals surface area contributed by atoms with Crippen molar-refractivity contribution in [1.82, 2.24) is 14.6 Å². The van der Waals surface area contributed by atoms with E-state index < -0.39 is 0 Å². The molecule has 0 aliphatic carbocycles. The second kappa shape index (κ2) is 7.06. The van der Waals surface area contributed by atoms with Crippen LogP contribution in [0, 0.1) is 6.92 Å². The first-order chi connectivity index (χ1) is 15.7. The number of benzene rings is 3. The molecule has 154 valence electrons. The summed E-state index contributed by atoms with van der Waals surface area (Å²) in [5.41, 5.74) is 4.00. The zero-order valence-electron chi connectivity index (χ0n) is 17.2. The van der Waals surface area contributed by atoms with Gasteiger partial charge in [0.1, 0.15) is 5.58 Å². The number of hydrogen-bond donors (Lipinski definition) is 1. The smallest absolute Gasteiger partial charge is 0.282 e. The van der Waals surface area contributed by atoms with Crippen molar-refractivity contribution in [3.05, 3.63) is 100 Å². The molecule has 0 spiro atoms. The SMILES string of the molecule is Cc1[nH]c2ccccc2c1C=Nn1c(-c2cc3ccccc3o2)nc2ccccc2c1=O. The van der Waals surface area contributed by atoms with Gasteiger partial charge in [0.05, 0.1) is 17.1 Å². The number of fused-ring (bicyclic) bond motifs is 3. The second-order valence-corrected chi connectivity index (χ2v) is 7.67. The van der Waals surface area contributed by atoms with Crippen molar-refractivity contribution in [2.45, 2.75) is 6.92 Å². The molecule has 0 saturated carbocycles. The third kappa shape index (κ3) is 2.85. The van der Waals surface area contributed by atoms with Gasteiger partial charge in [-0.15, -0.1) is 0 Å². The number of furan rings is 1. The van der Waals surface area contributed by atoms with Gasteiger partial charge in [0.15, 0.2) is 5.76 Å². The Labute approximate surface area is 182 Å². The molecule has 6 aromatic rings. The van der Waals surface area contributed by atoms with Crippen LogP contribution in [-0.2, 0) is 0 Å². The molecular formula is C26H18N4O2. The average Bonchev–Trinajstić information content (AvgIpc) is 3.39. The van der Waals surface area contributed by atoms with Crippen molar-refractivity contribution >= 4 is 39.0 Å². The summed E-state index contributed by atoms with van der Waals surface area (Å²) in [5, 5.41) is 7.07. The van der Waals surface area contributed by atoms with Gasteiger partial charge in [-0.2, -0.15) is 9.78 Å². The number of hydrogen-bond acceptors (Lipinski definition) is 4. The highest BCUT2D eigenvalue weighted by atomic mass is 16.3. The van der Waals surface area contributed by atoms with Crippen LogP contribution >= 0.6 is 0 Å². The molecular weight excluding hydrogens is 400 g/mol. The Morgan fingerprint density at radius 3 is 2.59 bits per heavy atom. The Hall–Kier alpha value is -4.45. The second-order valence-electron chi connectivity index (χ2n) is 7.67. The van der Waals surface area contributed by atoms with Crippen molar-refractivity contribution in [2.75, 3.05) is 0 Å². The molecule has 6 nitrogen and oxygen atoms in total. The summed E-state index contributed by atoms with van der Waals surface area (Å²) in [6.07, 6.45) is 1.71. The predicted octanol–water partition coefficient (Wildman–Crippen LogP) is 5.48. The fourth-order valence-corrected chi connectivity index (χ4v) is 4.06. The van der Waals surface area contributed by atoms with Crippen LogP contribution in [0.5, 0.6) is 0 Å². The Bertz CT molecular complexity index is 1690. The van der Waals surface area contributed by atoms with Gasteiger partial charge >= 0.3 is 0 Å². The van der Waals surface area contributed by atoms with E-state index in [2.05, 4.69) is 10.1 Å². The van der Waals surface area contributed by atoms with E-state index in [4.69, 9.17) is 9.40 Å². The van der Waals surface area contributed by atoms with Crippen molar-refractivity contribution in [3.8, 4) is 11.6 Å².